The van der Waals surface area contributed by atoms with Crippen molar-refractivity contribution in [2.75, 3.05) is 37.7 Å². The van der Waals surface area contributed by atoms with Crippen LogP contribution in [0.25, 0.3) is 31.8 Å². The fourth-order valence-corrected chi connectivity index (χ4v) is 4.86. The highest BCUT2D eigenvalue weighted by Gasteiger charge is 2.23. The molecule has 0 saturated carbocycles. The summed E-state index contributed by atoms with van der Waals surface area (Å²) >= 11 is 1.64. The third-order valence-corrected chi connectivity index (χ3v) is 6.11. The third kappa shape index (κ3) is 3.28. The molecule has 148 valence electrons. The highest BCUT2D eigenvalue weighted by atomic mass is 32.1. The van der Waals surface area contributed by atoms with Gasteiger partial charge in [0.05, 0.1) is 22.4 Å². The number of aromatic nitrogens is 4. The highest BCUT2D eigenvalue weighted by molar-refractivity contribution is 7.26. The van der Waals surface area contributed by atoms with Gasteiger partial charge in [0.2, 0.25) is 0 Å². The topological polar surface area (TPSA) is 76.1 Å². The fourth-order valence-electron chi connectivity index (χ4n) is 3.67. The molecular formula is C21H22N6OS. The molecule has 0 aliphatic carbocycles. The van der Waals surface area contributed by atoms with Gasteiger partial charge in [-0.25, -0.2) is 9.97 Å². The van der Waals surface area contributed by atoms with E-state index in [9.17, 15) is 0 Å². The molecular weight excluding hydrogens is 384 g/mol. The minimum absolute atomic E-state index is 0.416. The van der Waals surface area contributed by atoms with Crippen LogP contribution in [-0.4, -0.2) is 52.7 Å². The Morgan fingerprint density at radius 1 is 1.07 bits per heavy atom. The zero-order valence-corrected chi connectivity index (χ0v) is 17.3. The second kappa shape index (κ2) is 7.53. The molecule has 0 atom stereocenters. The smallest absolute Gasteiger partial charge is 0.319 e. The molecule has 7 nitrogen and oxygen atoms in total. The van der Waals surface area contributed by atoms with Crippen molar-refractivity contribution in [2.24, 2.45) is 0 Å². The first kappa shape index (κ1) is 18.2. The minimum atomic E-state index is 0.416. The number of thiophene rings is 1. The Morgan fingerprint density at radius 2 is 1.86 bits per heavy atom. The summed E-state index contributed by atoms with van der Waals surface area (Å²) in [7, 11) is 0. The van der Waals surface area contributed by atoms with Crippen LogP contribution in [0.5, 0.6) is 6.01 Å². The van der Waals surface area contributed by atoms with Crippen LogP contribution >= 0.6 is 11.3 Å². The van der Waals surface area contributed by atoms with E-state index in [0.717, 1.165) is 69.5 Å². The van der Waals surface area contributed by atoms with E-state index < -0.39 is 0 Å². The Hall–Kier alpha value is -2.84. The first-order valence-corrected chi connectivity index (χ1v) is 10.7. The van der Waals surface area contributed by atoms with Gasteiger partial charge in [-0.1, -0.05) is 30.3 Å². The largest absolute Gasteiger partial charge is 0.464 e. The van der Waals surface area contributed by atoms with Crippen molar-refractivity contribution in [3.05, 3.63) is 36.0 Å². The molecule has 1 N–H and O–H groups in total. The lowest BCUT2D eigenvalue weighted by atomic mass is 10.2. The monoisotopic (exact) mass is 406 g/mol. The quantitative estimate of drug-likeness (QED) is 0.556. The van der Waals surface area contributed by atoms with E-state index >= 15 is 0 Å². The van der Waals surface area contributed by atoms with Crippen LogP contribution < -0.4 is 15.0 Å². The van der Waals surface area contributed by atoms with Crippen molar-refractivity contribution in [2.45, 2.75) is 13.8 Å². The summed E-state index contributed by atoms with van der Waals surface area (Å²) < 4.78 is 6.75. The zero-order valence-electron chi connectivity index (χ0n) is 16.5. The fraction of sp³-hybridized carbons (Fsp3) is 0.333. The first-order chi connectivity index (χ1) is 14.2. The maximum Gasteiger partial charge on any atom is 0.319 e. The van der Waals surface area contributed by atoms with Crippen molar-refractivity contribution in [1.82, 2.24) is 25.3 Å². The van der Waals surface area contributed by atoms with Crippen LogP contribution in [0.3, 0.4) is 0 Å². The van der Waals surface area contributed by atoms with Gasteiger partial charge in [0.1, 0.15) is 10.3 Å². The predicted molar refractivity (Wildman–Crippen MR) is 117 cm³/mol. The molecule has 0 radical (unpaired) electrons. The number of rotatable bonds is 4. The number of benzene rings is 1. The van der Waals surface area contributed by atoms with Gasteiger partial charge < -0.3 is 15.0 Å². The van der Waals surface area contributed by atoms with Crippen molar-refractivity contribution < 1.29 is 4.74 Å². The second-order valence-corrected chi connectivity index (χ2v) is 7.96. The standard InChI is InChI=1S/C21H22N6OS/c1-3-28-21-24-16-15-13(2)23-18(14-7-5-4-6-8-14)25-20(15)29-17(16)19(26-21)27-11-9-22-10-12-27/h4-8,22H,3,9-12H2,1-2H3. The number of anilines is 1. The molecule has 4 heterocycles. The Balaban J connectivity index is 1.74. The zero-order chi connectivity index (χ0) is 19.8. The molecule has 1 aliphatic heterocycles. The molecule has 0 amide bonds. The van der Waals surface area contributed by atoms with Gasteiger partial charge in [-0.2, -0.15) is 9.97 Å². The van der Waals surface area contributed by atoms with Crippen molar-refractivity contribution in [3.8, 4) is 17.4 Å². The van der Waals surface area contributed by atoms with Gasteiger partial charge in [0.25, 0.3) is 0 Å². The van der Waals surface area contributed by atoms with Crippen LogP contribution in [0.1, 0.15) is 12.6 Å². The Labute approximate surface area is 172 Å². The van der Waals surface area contributed by atoms with Crippen molar-refractivity contribution >= 4 is 37.6 Å². The van der Waals surface area contributed by atoms with Crippen LogP contribution in [0.2, 0.25) is 0 Å². The van der Waals surface area contributed by atoms with Gasteiger partial charge in [-0.15, -0.1) is 11.3 Å². The first-order valence-electron chi connectivity index (χ1n) is 9.87. The van der Waals surface area contributed by atoms with E-state index in [1.807, 2.05) is 44.2 Å². The molecule has 5 rings (SSSR count). The molecule has 3 aromatic heterocycles. The minimum Gasteiger partial charge on any atom is -0.464 e. The average molecular weight is 407 g/mol. The number of aryl methyl sites for hydroxylation is 1. The Kier molecular flexibility index (Phi) is 4.73. The number of hydrogen-bond donors (Lipinski definition) is 1. The van der Waals surface area contributed by atoms with Gasteiger partial charge in [0, 0.05) is 31.7 Å². The van der Waals surface area contributed by atoms with Gasteiger partial charge in [0.15, 0.2) is 11.6 Å². The normalized spacial score (nSPS) is 14.6. The van der Waals surface area contributed by atoms with Crippen LogP contribution in [-0.2, 0) is 0 Å². The summed E-state index contributed by atoms with van der Waals surface area (Å²) in [5, 5.41) is 4.39. The van der Waals surface area contributed by atoms with E-state index in [2.05, 4.69) is 10.2 Å². The molecule has 1 fully saturated rings. The van der Waals surface area contributed by atoms with E-state index in [1.165, 1.54) is 0 Å². The maximum absolute atomic E-state index is 5.70. The van der Waals surface area contributed by atoms with E-state index in [1.54, 1.807) is 11.3 Å². The molecule has 1 aromatic carbocycles. The number of nitrogens with one attached hydrogen (secondary N) is 1. The number of nitrogens with zero attached hydrogens (tertiary/aromatic N) is 5. The number of piperazine rings is 1. The highest BCUT2D eigenvalue weighted by Crippen LogP contribution is 2.39. The molecule has 4 aromatic rings. The lowest BCUT2D eigenvalue weighted by Crippen LogP contribution is -2.44. The summed E-state index contributed by atoms with van der Waals surface area (Å²) in [6.45, 7) is 8.20. The lowest BCUT2D eigenvalue weighted by molar-refractivity contribution is 0.314. The summed E-state index contributed by atoms with van der Waals surface area (Å²) in [6.07, 6.45) is 0. The summed E-state index contributed by atoms with van der Waals surface area (Å²) in [4.78, 5) is 22.4. The van der Waals surface area contributed by atoms with Gasteiger partial charge in [-0.3, -0.25) is 0 Å². The second-order valence-electron chi connectivity index (χ2n) is 6.96. The number of ether oxygens (including phenoxy) is 1. The van der Waals surface area contributed by atoms with E-state index in [-0.39, 0.29) is 0 Å². The predicted octanol–water partition coefficient (Wildman–Crippen LogP) is 3.42. The number of hydrogen-bond acceptors (Lipinski definition) is 8. The number of fused-ring (bicyclic) bond motifs is 3. The molecule has 1 aliphatic rings. The molecule has 0 bridgehead atoms. The molecule has 0 spiro atoms. The maximum atomic E-state index is 5.70. The molecule has 29 heavy (non-hydrogen) atoms. The summed E-state index contributed by atoms with van der Waals surface area (Å²) in [6, 6.07) is 10.5. The Morgan fingerprint density at radius 3 is 2.62 bits per heavy atom. The lowest BCUT2D eigenvalue weighted by Gasteiger charge is -2.28. The molecule has 1 saturated heterocycles. The van der Waals surface area contributed by atoms with E-state index in [4.69, 9.17) is 24.7 Å². The van der Waals surface area contributed by atoms with E-state index in [0.29, 0.717) is 12.6 Å². The van der Waals surface area contributed by atoms with Crippen molar-refractivity contribution in [1.29, 1.82) is 0 Å². The van der Waals surface area contributed by atoms with Gasteiger partial charge in [-0.05, 0) is 13.8 Å². The average Bonchev–Trinajstić information content (AvgIpc) is 3.13. The molecule has 0 unspecified atom stereocenters. The molecule has 8 heteroatoms. The Bertz CT molecular complexity index is 1170. The summed E-state index contributed by atoms with van der Waals surface area (Å²) in [5.41, 5.74) is 2.82. The summed E-state index contributed by atoms with van der Waals surface area (Å²) in [5.74, 6) is 1.67. The van der Waals surface area contributed by atoms with Crippen LogP contribution in [0, 0.1) is 6.92 Å². The van der Waals surface area contributed by atoms with Crippen molar-refractivity contribution in [3.63, 3.8) is 0 Å². The third-order valence-electron chi connectivity index (χ3n) is 5.04. The van der Waals surface area contributed by atoms with Crippen LogP contribution in [0.4, 0.5) is 5.82 Å². The van der Waals surface area contributed by atoms with Crippen LogP contribution in [0.15, 0.2) is 30.3 Å². The van der Waals surface area contributed by atoms with Gasteiger partial charge >= 0.3 is 6.01 Å². The SMILES string of the molecule is CCOc1nc(N2CCNCC2)c2sc3nc(-c4ccccc4)nc(C)c3c2n1.